The molecule has 0 saturated heterocycles. The van der Waals surface area contributed by atoms with Crippen molar-refractivity contribution in [2.24, 2.45) is 0 Å². The lowest BCUT2D eigenvalue weighted by atomic mass is 10.2. The average molecular weight is 300 g/mol. The lowest BCUT2D eigenvalue weighted by Gasteiger charge is -2.06. The Balaban J connectivity index is 1.57. The van der Waals surface area contributed by atoms with Crippen LogP contribution in [-0.2, 0) is 4.79 Å². The smallest absolute Gasteiger partial charge is 0.261 e. The van der Waals surface area contributed by atoms with Crippen LogP contribution in [0.4, 0.5) is 5.69 Å². The van der Waals surface area contributed by atoms with E-state index < -0.39 is 0 Å². The zero-order valence-electron chi connectivity index (χ0n) is 10.9. The summed E-state index contributed by atoms with van der Waals surface area (Å²) in [5.74, 6) is -0.525. The van der Waals surface area contributed by atoms with E-state index in [0.29, 0.717) is 10.6 Å². The highest BCUT2D eigenvalue weighted by Gasteiger charge is 2.09. The number of nitrogens with zero attached hydrogens (tertiary/aromatic N) is 1. The van der Waals surface area contributed by atoms with Gasteiger partial charge in [0.15, 0.2) is 0 Å². The van der Waals surface area contributed by atoms with E-state index in [1.807, 2.05) is 11.4 Å². The van der Waals surface area contributed by atoms with Crippen LogP contribution < -0.4 is 10.6 Å². The fraction of sp³-hybridized carbons (Fsp3) is 0.0714. The molecule has 21 heavy (non-hydrogen) atoms. The Kier molecular flexibility index (Phi) is 3.65. The van der Waals surface area contributed by atoms with Crippen LogP contribution >= 0.6 is 11.3 Å². The second-order valence-electron chi connectivity index (χ2n) is 4.38. The summed E-state index contributed by atoms with van der Waals surface area (Å²) >= 11 is 1.33. The van der Waals surface area contributed by atoms with Gasteiger partial charge in [0.25, 0.3) is 5.91 Å². The molecule has 0 aliphatic heterocycles. The second kappa shape index (κ2) is 5.76. The van der Waals surface area contributed by atoms with Crippen LogP contribution in [0.25, 0.3) is 10.9 Å². The number of aromatic amines is 1. The zero-order valence-corrected chi connectivity index (χ0v) is 11.7. The molecule has 0 fully saturated rings. The van der Waals surface area contributed by atoms with Gasteiger partial charge in [-0.1, -0.05) is 6.07 Å². The van der Waals surface area contributed by atoms with E-state index in [4.69, 9.17) is 0 Å². The van der Waals surface area contributed by atoms with Crippen molar-refractivity contribution >= 4 is 39.7 Å². The molecule has 0 spiro atoms. The average Bonchev–Trinajstić information content (AvgIpc) is 3.15. The van der Waals surface area contributed by atoms with Gasteiger partial charge in [-0.25, -0.2) is 0 Å². The number of hydrogen-bond acceptors (Lipinski definition) is 4. The van der Waals surface area contributed by atoms with E-state index in [1.54, 1.807) is 30.5 Å². The minimum Gasteiger partial charge on any atom is -0.342 e. The fourth-order valence-corrected chi connectivity index (χ4v) is 2.52. The molecular weight excluding hydrogens is 288 g/mol. The van der Waals surface area contributed by atoms with Crippen molar-refractivity contribution in [3.63, 3.8) is 0 Å². The number of thiophene rings is 1. The van der Waals surface area contributed by atoms with E-state index in [9.17, 15) is 9.59 Å². The number of H-pyrrole nitrogens is 1. The normalized spacial score (nSPS) is 10.5. The molecular formula is C14H12N4O2S. The summed E-state index contributed by atoms with van der Waals surface area (Å²) in [6.45, 7) is -0.0717. The van der Waals surface area contributed by atoms with E-state index in [1.165, 1.54) is 11.3 Å². The molecule has 3 N–H and O–H groups in total. The summed E-state index contributed by atoms with van der Waals surface area (Å²) < 4.78 is 0. The number of nitrogens with one attached hydrogen (secondary N) is 3. The van der Waals surface area contributed by atoms with Crippen molar-refractivity contribution in [3.8, 4) is 0 Å². The second-order valence-corrected chi connectivity index (χ2v) is 5.33. The molecule has 3 rings (SSSR count). The number of anilines is 1. The van der Waals surface area contributed by atoms with Gasteiger partial charge in [0.2, 0.25) is 5.91 Å². The van der Waals surface area contributed by atoms with Crippen LogP contribution in [0.5, 0.6) is 0 Å². The SMILES string of the molecule is O=C(CNC(=O)c1cccs1)Nc1ccc2cn[nH]c2c1. The molecule has 3 aromatic rings. The summed E-state index contributed by atoms with van der Waals surface area (Å²) in [6, 6.07) is 8.94. The minimum atomic E-state index is -0.279. The molecule has 0 bridgehead atoms. The maximum Gasteiger partial charge on any atom is 0.261 e. The third-order valence-corrected chi connectivity index (χ3v) is 3.75. The largest absolute Gasteiger partial charge is 0.342 e. The van der Waals surface area contributed by atoms with Crippen molar-refractivity contribution in [2.45, 2.75) is 0 Å². The number of benzene rings is 1. The third-order valence-electron chi connectivity index (χ3n) is 2.88. The first-order chi connectivity index (χ1) is 10.2. The first kappa shape index (κ1) is 13.3. The van der Waals surface area contributed by atoms with Gasteiger partial charge < -0.3 is 10.6 Å². The van der Waals surface area contributed by atoms with Gasteiger partial charge in [0.05, 0.1) is 23.1 Å². The van der Waals surface area contributed by atoms with E-state index >= 15 is 0 Å². The molecule has 2 amide bonds. The summed E-state index contributed by atoms with van der Waals surface area (Å²) in [5, 5.41) is 14.8. The van der Waals surface area contributed by atoms with Gasteiger partial charge >= 0.3 is 0 Å². The molecule has 0 unspecified atom stereocenters. The number of carbonyl (C=O) groups is 2. The quantitative estimate of drug-likeness (QED) is 0.688. The van der Waals surface area contributed by atoms with Crippen LogP contribution in [0, 0.1) is 0 Å². The Morgan fingerprint density at radius 3 is 3.00 bits per heavy atom. The zero-order chi connectivity index (χ0) is 14.7. The van der Waals surface area contributed by atoms with Gasteiger partial charge in [-0.05, 0) is 29.6 Å². The molecule has 1 aromatic carbocycles. The van der Waals surface area contributed by atoms with Gasteiger partial charge in [-0.15, -0.1) is 11.3 Å². The number of rotatable bonds is 4. The highest BCUT2D eigenvalue weighted by Crippen LogP contribution is 2.16. The van der Waals surface area contributed by atoms with Crippen molar-refractivity contribution in [1.82, 2.24) is 15.5 Å². The van der Waals surface area contributed by atoms with Gasteiger partial charge in [-0.2, -0.15) is 5.10 Å². The molecule has 0 radical (unpaired) electrons. The molecule has 6 nitrogen and oxygen atoms in total. The van der Waals surface area contributed by atoms with Gasteiger partial charge in [0, 0.05) is 11.1 Å². The highest BCUT2D eigenvalue weighted by atomic mass is 32.1. The Hall–Kier alpha value is -2.67. The molecule has 7 heteroatoms. The molecule has 0 aliphatic carbocycles. The van der Waals surface area contributed by atoms with Crippen LogP contribution in [-0.4, -0.2) is 28.6 Å². The summed E-state index contributed by atoms with van der Waals surface area (Å²) in [6.07, 6.45) is 1.71. The van der Waals surface area contributed by atoms with Crippen molar-refractivity contribution < 1.29 is 9.59 Å². The van der Waals surface area contributed by atoms with Crippen molar-refractivity contribution in [1.29, 1.82) is 0 Å². The lowest BCUT2D eigenvalue weighted by molar-refractivity contribution is -0.115. The predicted octanol–water partition coefficient (Wildman–Crippen LogP) is 1.99. The van der Waals surface area contributed by atoms with Crippen molar-refractivity contribution in [2.75, 3.05) is 11.9 Å². The van der Waals surface area contributed by atoms with Crippen molar-refractivity contribution in [3.05, 3.63) is 46.8 Å². The first-order valence-electron chi connectivity index (χ1n) is 6.27. The number of hydrogen-bond donors (Lipinski definition) is 3. The third kappa shape index (κ3) is 3.09. The van der Waals surface area contributed by atoms with Gasteiger partial charge in [-0.3, -0.25) is 14.7 Å². The number of amides is 2. The summed E-state index contributed by atoms with van der Waals surface area (Å²) in [7, 11) is 0. The van der Waals surface area contributed by atoms with Crippen LogP contribution in [0.1, 0.15) is 9.67 Å². The summed E-state index contributed by atoms with van der Waals surface area (Å²) in [5.41, 5.74) is 1.50. The Labute approximate surface area is 124 Å². The topological polar surface area (TPSA) is 86.9 Å². The van der Waals surface area contributed by atoms with E-state index in [0.717, 1.165) is 10.9 Å². The van der Waals surface area contributed by atoms with Gasteiger partial charge in [0.1, 0.15) is 0 Å². The molecule has 0 atom stereocenters. The number of aromatic nitrogens is 2. The van der Waals surface area contributed by atoms with E-state index in [2.05, 4.69) is 20.8 Å². The van der Waals surface area contributed by atoms with E-state index in [-0.39, 0.29) is 18.4 Å². The molecule has 2 heterocycles. The molecule has 106 valence electrons. The first-order valence-corrected chi connectivity index (χ1v) is 7.15. The molecule has 0 saturated carbocycles. The van der Waals surface area contributed by atoms with Crippen LogP contribution in [0.15, 0.2) is 41.9 Å². The molecule has 0 aliphatic rings. The maximum atomic E-state index is 11.8. The Morgan fingerprint density at radius 2 is 2.19 bits per heavy atom. The number of fused-ring (bicyclic) bond motifs is 1. The summed E-state index contributed by atoms with van der Waals surface area (Å²) in [4.78, 5) is 24.1. The minimum absolute atomic E-state index is 0.0717. The lowest BCUT2D eigenvalue weighted by Crippen LogP contribution is -2.32. The van der Waals surface area contributed by atoms with Crippen LogP contribution in [0.3, 0.4) is 0 Å². The van der Waals surface area contributed by atoms with Crippen LogP contribution in [0.2, 0.25) is 0 Å². The Morgan fingerprint density at radius 1 is 1.29 bits per heavy atom. The highest BCUT2D eigenvalue weighted by molar-refractivity contribution is 7.12. The maximum absolute atomic E-state index is 11.8. The fourth-order valence-electron chi connectivity index (χ4n) is 1.88. The predicted molar refractivity (Wildman–Crippen MR) is 81.4 cm³/mol. The standard InChI is InChI=1S/C14H12N4O2S/c19-13(8-15-14(20)12-2-1-5-21-12)17-10-4-3-9-7-16-18-11(9)6-10/h1-7H,8H2,(H,15,20)(H,16,18)(H,17,19). The monoisotopic (exact) mass is 300 g/mol. The molecule has 2 aromatic heterocycles. The Bertz CT molecular complexity index is 779. The number of carbonyl (C=O) groups excluding carboxylic acids is 2.